The van der Waals surface area contributed by atoms with Crippen LogP contribution in [0.3, 0.4) is 0 Å². The van der Waals surface area contributed by atoms with Gasteiger partial charge in [-0.05, 0) is 12.8 Å². The summed E-state index contributed by atoms with van der Waals surface area (Å²) in [6.07, 6.45) is 8.74. The average molecular weight is 368 g/mol. The third kappa shape index (κ3) is 3.46. The van der Waals surface area contributed by atoms with Gasteiger partial charge in [0.1, 0.15) is 25.0 Å². The lowest BCUT2D eigenvalue weighted by Gasteiger charge is -2.33. The van der Waals surface area contributed by atoms with Crippen molar-refractivity contribution in [1.29, 1.82) is 0 Å². The van der Waals surface area contributed by atoms with Crippen molar-refractivity contribution in [3.8, 4) is 0 Å². The van der Waals surface area contributed by atoms with Crippen LogP contribution in [-0.4, -0.2) is 66.7 Å². The van der Waals surface area contributed by atoms with Crippen molar-refractivity contribution in [3.63, 3.8) is 0 Å². The maximum Gasteiger partial charge on any atom is 0.171 e. The molecule has 0 N–H and O–H groups in total. The van der Waals surface area contributed by atoms with Crippen molar-refractivity contribution in [3.05, 3.63) is 36.7 Å². The van der Waals surface area contributed by atoms with Crippen LogP contribution in [0.2, 0.25) is 0 Å². The van der Waals surface area contributed by atoms with Crippen LogP contribution in [-0.2, 0) is 13.6 Å². The van der Waals surface area contributed by atoms with E-state index in [4.69, 9.17) is 0 Å². The Hall–Kier alpha value is -3.04. The zero-order chi connectivity index (χ0) is 18.8. The van der Waals surface area contributed by atoms with E-state index in [1.54, 1.807) is 23.4 Å². The molecule has 0 radical (unpaired) electrons. The first kappa shape index (κ1) is 17.4. The number of rotatable bonds is 5. The molecule has 3 aromatic rings. The lowest BCUT2D eigenvalue weighted by atomic mass is 9.96. The van der Waals surface area contributed by atoms with Gasteiger partial charge in [0.2, 0.25) is 0 Å². The fourth-order valence-corrected chi connectivity index (χ4v) is 3.54. The molecule has 0 amide bonds. The zero-order valence-corrected chi connectivity index (χ0v) is 15.9. The van der Waals surface area contributed by atoms with E-state index in [9.17, 15) is 0 Å². The van der Waals surface area contributed by atoms with Gasteiger partial charge in [-0.1, -0.05) is 0 Å². The molecule has 0 unspecified atom stereocenters. The van der Waals surface area contributed by atoms with E-state index in [2.05, 4.69) is 39.7 Å². The maximum atomic E-state index is 4.56. The Morgan fingerprint density at radius 3 is 2.59 bits per heavy atom. The Bertz CT molecular complexity index is 877. The molecule has 1 aliphatic heterocycles. The van der Waals surface area contributed by atoms with Gasteiger partial charge in [-0.15, -0.1) is 10.2 Å². The van der Waals surface area contributed by atoms with E-state index in [0.29, 0.717) is 12.5 Å². The average Bonchev–Trinajstić information content (AvgIpc) is 3.33. The summed E-state index contributed by atoms with van der Waals surface area (Å²) < 4.78 is 3.85. The van der Waals surface area contributed by atoms with E-state index >= 15 is 0 Å². The summed E-state index contributed by atoms with van der Waals surface area (Å²) in [6, 6.07) is 0. The van der Waals surface area contributed by atoms with E-state index in [-0.39, 0.29) is 0 Å². The molecule has 0 bridgehead atoms. The predicted octanol–water partition coefficient (Wildman–Crippen LogP) is 0.695. The largest absolute Gasteiger partial charge is 0.360 e. The number of hydrogen-bond donors (Lipinski definition) is 0. The summed E-state index contributed by atoms with van der Waals surface area (Å²) in [7, 11) is 6.02. The molecule has 1 aliphatic rings. The molecule has 3 aromatic heterocycles. The van der Waals surface area contributed by atoms with Gasteiger partial charge in [-0.3, -0.25) is 0 Å². The van der Waals surface area contributed by atoms with Gasteiger partial charge in [-0.2, -0.15) is 5.10 Å². The molecule has 0 atom stereocenters. The van der Waals surface area contributed by atoms with E-state index in [1.165, 1.54) is 6.33 Å². The first-order valence-corrected chi connectivity index (χ1v) is 9.07. The maximum absolute atomic E-state index is 4.56. The molecule has 10 nitrogen and oxygen atoms in total. The summed E-state index contributed by atoms with van der Waals surface area (Å²) in [5.74, 6) is 4.18. The second-order valence-corrected chi connectivity index (χ2v) is 6.99. The van der Waals surface area contributed by atoms with Crippen molar-refractivity contribution in [2.24, 2.45) is 7.05 Å². The summed E-state index contributed by atoms with van der Waals surface area (Å²) in [6.45, 7) is 2.43. The fourth-order valence-electron chi connectivity index (χ4n) is 3.54. The minimum Gasteiger partial charge on any atom is -0.360 e. The molecule has 0 saturated carbocycles. The van der Waals surface area contributed by atoms with Crippen LogP contribution >= 0.6 is 0 Å². The summed E-state index contributed by atoms with van der Waals surface area (Å²) >= 11 is 0. The third-order valence-corrected chi connectivity index (χ3v) is 5.01. The molecule has 1 saturated heterocycles. The number of nitrogens with zero attached hydrogens (tertiary/aromatic N) is 10. The van der Waals surface area contributed by atoms with Gasteiger partial charge in [0.25, 0.3) is 0 Å². The molecule has 0 spiro atoms. The first-order valence-electron chi connectivity index (χ1n) is 9.07. The van der Waals surface area contributed by atoms with Gasteiger partial charge in [0, 0.05) is 52.5 Å². The molecule has 0 aliphatic carbocycles. The summed E-state index contributed by atoms with van der Waals surface area (Å²) in [5.41, 5.74) is 0. The smallest absolute Gasteiger partial charge is 0.171 e. The first-order chi connectivity index (χ1) is 13.1. The Morgan fingerprint density at radius 2 is 1.89 bits per heavy atom. The standard InChI is InChI=1S/C17H24N10/c1-24(2)16-17(20-7-6-19-16)26-8-4-13(5-9-26)15-23-22-14(25(15)3)10-27-12-18-11-21-27/h6-7,11-13H,4-5,8-10H2,1-3H3. The zero-order valence-electron chi connectivity index (χ0n) is 15.9. The molecule has 4 rings (SSSR count). The number of aromatic nitrogens is 8. The quantitative estimate of drug-likeness (QED) is 0.649. The molecule has 10 heteroatoms. The lowest BCUT2D eigenvalue weighted by Crippen LogP contribution is -2.35. The highest BCUT2D eigenvalue weighted by molar-refractivity contribution is 5.61. The highest BCUT2D eigenvalue weighted by Crippen LogP contribution is 2.31. The van der Waals surface area contributed by atoms with Crippen LogP contribution in [0.5, 0.6) is 0 Å². The molecule has 0 aromatic carbocycles. The Labute approximate surface area is 157 Å². The normalized spacial score (nSPS) is 15.3. The van der Waals surface area contributed by atoms with E-state index < -0.39 is 0 Å². The molecule has 1 fully saturated rings. The van der Waals surface area contributed by atoms with E-state index in [0.717, 1.165) is 49.2 Å². The number of piperidine rings is 1. The summed E-state index contributed by atoms with van der Waals surface area (Å²) in [4.78, 5) is 17.3. The van der Waals surface area contributed by atoms with Gasteiger partial charge in [0.15, 0.2) is 17.5 Å². The predicted molar refractivity (Wildman–Crippen MR) is 101 cm³/mol. The van der Waals surface area contributed by atoms with Crippen molar-refractivity contribution < 1.29 is 0 Å². The fraction of sp³-hybridized carbons (Fsp3) is 0.529. The second kappa shape index (κ2) is 7.29. The second-order valence-electron chi connectivity index (χ2n) is 6.99. The molecule has 27 heavy (non-hydrogen) atoms. The monoisotopic (exact) mass is 368 g/mol. The van der Waals surface area contributed by atoms with Crippen molar-refractivity contribution in [2.75, 3.05) is 37.0 Å². The van der Waals surface area contributed by atoms with Crippen LogP contribution in [0, 0.1) is 0 Å². The number of hydrogen-bond acceptors (Lipinski definition) is 8. The molecular formula is C17H24N10. The van der Waals surface area contributed by atoms with Crippen LogP contribution in [0.4, 0.5) is 11.6 Å². The van der Waals surface area contributed by atoms with Gasteiger partial charge in [0.05, 0.1) is 0 Å². The molecular weight excluding hydrogens is 344 g/mol. The number of anilines is 2. The SMILES string of the molecule is CN(C)c1nccnc1N1CCC(c2nnc(Cn3cncn3)n2C)CC1. The molecule has 4 heterocycles. The van der Waals surface area contributed by atoms with Crippen LogP contribution in [0.25, 0.3) is 0 Å². The van der Waals surface area contributed by atoms with Crippen molar-refractivity contribution in [1.82, 2.24) is 39.5 Å². The Balaban J connectivity index is 1.45. The Kier molecular flexibility index (Phi) is 4.69. The highest BCUT2D eigenvalue weighted by atomic mass is 15.4. The van der Waals surface area contributed by atoms with Crippen molar-refractivity contribution in [2.45, 2.75) is 25.3 Å². The minimum atomic E-state index is 0.391. The van der Waals surface area contributed by atoms with Gasteiger partial charge in [-0.25, -0.2) is 19.6 Å². The summed E-state index contributed by atoms with van der Waals surface area (Å²) in [5, 5.41) is 13.0. The van der Waals surface area contributed by atoms with Crippen molar-refractivity contribution >= 4 is 11.6 Å². The highest BCUT2D eigenvalue weighted by Gasteiger charge is 2.27. The van der Waals surface area contributed by atoms with Crippen LogP contribution in [0.1, 0.15) is 30.4 Å². The lowest BCUT2D eigenvalue weighted by molar-refractivity contribution is 0.469. The minimum absolute atomic E-state index is 0.391. The third-order valence-electron chi connectivity index (χ3n) is 5.01. The van der Waals surface area contributed by atoms with Crippen LogP contribution < -0.4 is 9.80 Å². The Morgan fingerprint density at radius 1 is 1.11 bits per heavy atom. The van der Waals surface area contributed by atoms with Gasteiger partial charge < -0.3 is 14.4 Å². The topological polar surface area (TPSA) is 93.7 Å². The van der Waals surface area contributed by atoms with Gasteiger partial charge >= 0.3 is 0 Å². The van der Waals surface area contributed by atoms with E-state index in [1.807, 2.05) is 26.0 Å². The molecule has 142 valence electrons. The van der Waals surface area contributed by atoms with Crippen LogP contribution in [0.15, 0.2) is 25.0 Å².